The second kappa shape index (κ2) is 4.90. The van der Waals surface area contributed by atoms with Crippen molar-refractivity contribution in [1.82, 2.24) is 4.90 Å². The van der Waals surface area contributed by atoms with Crippen LogP contribution in [0.4, 0.5) is 10.5 Å². The maximum atomic E-state index is 12.1. The minimum Gasteiger partial charge on any atom is -0.314 e. The van der Waals surface area contributed by atoms with Crippen LogP contribution in [0.2, 0.25) is 0 Å². The van der Waals surface area contributed by atoms with E-state index in [0.717, 1.165) is 34.6 Å². The molecule has 3 rings (SSSR count). The van der Waals surface area contributed by atoms with Crippen LogP contribution in [-0.2, 0) is 0 Å². The Morgan fingerprint density at radius 2 is 2.00 bits per heavy atom. The smallest absolute Gasteiger partial charge is 0.314 e. The fourth-order valence-corrected chi connectivity index (χ4v) is 3.05. The number of hydrogen-bond donors (Lipinski definition) is 1. The Morgan fingerprint density at radius 1 is 1.17 bits per heavy atom. The molecular weight excluding hydrogens is 244 g/mol. The quantitative estimate of drug-likeness (QED) is 0.850. The topological polar surface area (TPSA) is 32.3 Å². The zero-order chi connectivity index (χ0) is 12.4. The van der Waals surface area contributed by atoms with Crippen molar-refractivity contribution in [3.63, 3.8) is 0 Å². The Hall–Kier alpha value is -1.68. The Balaban J connectivity index is 1.88. The molecule has 1 N–H and O–H groups in total. The first-order valence-electron chi connectivity index (χ1n) is 5.96. The van der Waals surface area contributed by atoms with E-state index in [0.29, 0.717) is 0 Å². The molecule has 0 saturated carbocycles. The number of carbonyl (C=O) groups is 1. The van der Waals surface area contributed by atoms with Crippen LogP contribution in [0.15, 0.2) is 42.5 Å². The number of anilines is 1. The molecule has 2 amide bonds. The van der Waals surface area contributed by atoms with Crippen molar-refractivity contribution in [3.05, 3.63) is 42.5 Å². The number of benzene rings is 2. The molecular formula is C14H14N2OS. The molecule has 0 unspecified atom stereocenters. The first-order valence-corrected chi connectivity index (χ1v) is 7.11. The summed E-state index contributed by atoms with van der Waals surface area (Å²) in [6, 6.07) is 14.0. The maximum absolute atomic E-state index is 12.1. The lowest BCUT2D eigenvalue weighted by atomic mass is 10.1. The van der Waals surface area contributed by atoms with Crippen molar-refractivity contribution in [2.24, 2.45) is 0 Å². The van der Waals surface area contributed by atoms with Crippen LogP contribution in [0.3, 0.4) is 0 Å². The van der Waals surface area contributed by atoms with Gasteiger partial charge in [-0.3, -0.25) is 0 Å². The van der Waals surface area contributed by atoms with Gasteiger partial charge in [-0.25, -0.2) is 4.79 Å². The minimum absolute atomic E-state index is 0.00338. The number of urea groups is 1. The van der Waals surface area contributed by atoms with Crippen LogP contribution in [0.1, 0.15) is 0 Å². The number of nitrogens with zero attached hydrogens (tertiary/aromatic N) is 1. The molecule has 0 bridgehead atoms. The van der Waals surface area contributed by atoms with Crippen molar-refractivity contribution in [2.45, 2.75) is 0 Å². The zero-order valence-electron chi connectivity index (χ0n) is 9.93. The Bertz CT molecular complexity index is 574. The molecule has 3 nitrogen and oxygen atoms in total. The van der Waals surface area contributed by atoms with Crippen LogP contribution in [0, 0.1) is 0 Å². The average molecular weight is 258 g/mol. The van der Waals surface area contributed by atoms with Gasteiger partial charge in [0.25, 0.3) is 0 Å². The molecule has 2 aromatic rings. The molecule has 2 aromatic carbocycles. The fourth-order valence-electron chi connectivity index (χ4n) is 2.10. The highest BCUT2D eigenvalue weighted by Gasteiger charge is 2.18. The van der Waals surface area contributed by atoms with E-state index in [-0.39, 0.29) is 6.03 Å². The zero-order valence-corrected chi connectivity index (χ0v) is 10.7. The third kappa shape index (κ3) is 2.16. The van der Waals surface area contributed by atoms with E-state index < -0.39 is 0 Å². The first kappa shape index (κ1) is 11.4. The van der Waals surface area contributed by atoms with E-state index >= 15 is 0 Å². The molecule has 0 radical (unpaired) electrons. The third-order valence-corrected chi connectivity index (χ3v) is 4.04. The van der Waals surface area contributed by atoms with Crippen LogP contribution in [0.25, 0.3) is 10.8 Å². The van der Waals surface area contributed by atoms with Gasteiger partial charge in [0.1, 0.15) is 0 Å². The fraction of sp³-hybridized carbons (Fsp3) is 0.214. The molecule has 1 aliphatic rings. The summed E-state index contributed by atoms with van der Waals surface area (Å²) in [6.45, 7) is 0.835. The summed E-state index contributed by atoms with van der Waals surface area (Å²) in [6.07, 6.45) is 0. The molecule has 0 aliphatic carbocycles. The van der Waals surface area contributed by atoms with Gasteiger partial charge in [-0.05, 0) is 11.5 Å². The summed E-state index contributed by atoms with van der Waals surface area (Å²) >= 11 is 1.79. The monoisotopic (exact) mass is 258 g/mol. The maximum Gasteiger partial charge on any atom is 0.322 e. The summed E-state index contributed by atoms with van der Waals surface area (Å²) < 4.78 is 0. The van der Waals surface area contributed by atoms with E-state index in [1.807, 2.05) is 35.2 Å². The second-order valence-electron chi connectivity index (χ2n) is 4.26. The highest BCUT2D eigenvalue weighted by Crippen LogP contribution is 2.24. The van der Waals surface area contributed by atoms with Gasteiger partial charge in [0.15, 0.2) is 0 Å². The van der Waals surface area contributed by atoms with Crippen LogP contribution >= 0.6 is 11.8 Å². The van der Waals surface area contributed by atoms with Crippen LogP contribution < -0.4 is 5.32 Å². The minimum atomic E-state index is -0.00338. The molecule has 18 heavy (non-hydrogen) atoms. The highest BCUT2D eigenvalue weighted by atomic mass is 32.2. The second-order valence-corrected chi connectivity index (χ2v) is 5.33. The number of rotatable bonds is 1. The van der Waals surface area contributed by atoms with Gasteiger partial charge in [0, 0.05) is 17.7 Å². The average Bonchev–Trinajstić information content (AvgIpc) is 2.93. The van der Waals surface area contributed by atoms with E-state index in [1.165, 1.54) is 0 Å². The molecule has 92 valence electrons. The largest absolute Gasteiger partial charge is 0.322 e. The summed E-state index contributed by atoms with van der Waals surface area (Å²) in [7, 11) is 0. The molecule has 0 spiro atoms. The summed E-state index contributed by atoms with van der Waals surface area (Å²) in [4.78, 5) is 13.9. The number of fused-ring (bicyclic) bond motifs is 1. The SMILES string of the molecule is O=C(Nc1cccc2ccccc12)N1CCSC1. The molecule has 1 aliphatic heterocycles. The molecule has 4 heteroatoms. The molecule has 0 atom stereocenters. The molecule has 1 heterocycles. The van der Waals surface area contributed by atoms with E-state index in [1.54, 1.807) is 11.8 Å². The Morgan fingerprint density at radius 3 is 2.83 bits per heavy atom. The molecule has 1 saturated heterocycles. The van der Waals surface area contributed by atoms with Crippen molar-refractivity contribution in [3.8, 4) is 0 Å². The Labute approximate surface area is 110 Å². The van der Waals surface area contributed by atoms with Crippen LogP contribution in [-0.4, -0.2) is 29.1 Å². The van der Waals surface area contributed by atoms with Gasteiger partial charge in [-0.15, -0.1) is 11.8 Å². The summed E-state index contributed by atoms with van der Waals surface area (Å²) in [5, 5.41) is 5.23. The number of amides is 2. The predicted molar refractivity (Wildman–Crippen MR) is 77.0 cm³/mol. The van der Waals surface area contributed by atoms with Crippen molar-refractivity contribution in [1.29, 1.82) is 0 Å². The molecule has 0 aromatic heterocycles. The van der Waals surface area contributed by atoms with Gasteiger partial charge < -0.3 is 10.2 Å². The van der Waals surface area contributed by atoms with E-state index in [4.69, 9.17) is 0 Å². The van der Waals surface area contributed by atoms with Crippen LogP contribution in [0.5, 0.6) is 0 Å². The highest BCUT2D eigenvalue weighted by molar-refractivity contribution is 7.99. The van der Waals surface area contributed by atoms with Crippen molar-refractivity contribution >= 4 is 34.3 Å². The lowest BCUT2D eigenvalue weighted by Gasteiger charge is -2.16. The normalized spacial score (nSPS) is 15.0. The van der Waals surface area contributed by atoms with Crippen molar-refractivity contribution < 1.29 is 4.79 Å². The number of carbonyl (C=O) groups excluding carboxylic acids is 1. The first-order chi connectivity index (χ1) is 8.84. The van der Waals surface area contributed by atoms with Gasteiger partial charge in [0.05, 0.1) is 11.6 Å². The lowest BCUT2D eigenvalue weighted by molar-refractivity contribution is 0.225. The van der Waals surface area contributed by atoms with E-state index in [9.17, 15) is 4.79 Å². The Kier molecular flexibility index (Phi) is 3.11. The summed E-state index contributed by atoms with van der Waals surface area (Å²) in [5.74, 6) is 1.82. The predicted octanol–water partition coefficient (Wildman–Crippen LogP) is 3.38. The van der Waals surface area contributed by atoms with Gasteiger partial charge in [-0.1, -0.05) is 36.4 Å². The number of hydrogen-bond acceptors (Lipinski definition) is 2. The summed E-state index contributed by atoms with van der Waals surface area (Å²) in [5.41, 5.74) is 0.884. The van der Waals surface area contributed by atoms with Gasteiger partial charge in [-0.2, -0.15) is 0 Å². The number of nitrogens with one attached hydrogen (secondary N) is 1. The van der Waals surface area contributed by atoms with Gasteiger partial charge >= 0.3 is 6.03 Å². The third-order valence-electron chi connectivity index (χ3n) is 3.07. The standard InChI is InChI=1S/C14H14N2OS/c17-14(16-8-9-18-10-16)15-13-7-3-5-11-4-1-2-6-12(11)13/h1-7H,8-10H2,(H,15,17). The van der Waals surface area contributed by atoms with E-state index in [2.05, 4.69) is 17.4 Å². The van der Waals surface area contributed by atoms with Gasteiger partial charge in [0.2, 0.25) is 0 Å². The molecule has 1 fully saturated rings. The lowest BCUT2D eigenvalue weighted by Crippen LogP contribution is -2.32. The van der Waals surface area contributed by atoms with Crippen molar-refractivity contribution in [2.75, 3.05) is 23.5 Å². The number of thioether (sulfide) groups is 1.